The number of halogens is 3. The van der Waals surface area contributed by atoms with Crippen LogP contribution in [-0.2, 0) is 0 Å². The van der Waals surface area contributed by atoms with Crippen molar-refractivity contribution in [1.29, 1.82) is 0 Å². The summed E-state index contributed by atoms with van der Waals surface area (Å²) in [5.41, 5.74) is 4.32. The molecule has 0 aliphatic carbocycles. The van der Waals surface area contributed by atoms with E-state index in [1.54, 1.807) is 0 Å². The predicted molar refractivity (Wildman–Crippen MR) is 48.8 cm³/mol. The first-order valence-electron chi connectivity index (χ1n) is 4.08. The maximum Gasteiger partial charge on any atom is 0.574 e. The number of aromatic nitrogens is 1. The van der Waals surface area contributed by atoms with Gasteiger partial charge in [-0.1, -0.05) is 0 Å². The predicted octanol–water partition coefficient (Wildman–Crippen LogP) is 1.27. The van der Waals surface area contributed by atoms with E-state index in [0.29, 0.717) is 0 Å². The second-order valence-corrected chi connectivity index (χ2v) is 2.79. The molecule has 3 N–H and O–H groups in total. The van der Waals surface area contributed by atoms with Crippen molar-refractivity contribution >= 4 is 11.7 Å². The molecule has 0 saturated carbocycles. The summed E-state index contributed by atoms with van der Waals surface area (Å²) in [6.45, 7) is 0. The number of methoxy groups -OCH3 is 1. The maximum absolute atomic E-state index is 12.0. The van der Waals surface area contributed by atoms with Crippen molar-refractivity contribution < 1.29 is 32.5 Å². The number of nitrogens with two attached hydrogens (primary N) is 1. The van der Waals surface area contributed by atoms with Crippen molar-refractivity contribution in [3.63, 3.8) is 0 Å². The average molecular weight is 252 g/mol. The van der Waals surface area contributed by atoms with Crippen LogP contribution in [0.2, 0.25) is 0 Å². The molecule has 1 aromatic rings. The van der Waals surface area contributed by atoms with Gasteiger partial charge in [0.05, 0.1) is 12.8 Å². The van der Waals surface area contributed by atoms with Crippen molar-refractivity contribution in [2.24, 2.45) is 0 Å². The van der Waals surface area contributed by atoms with Crippen LogP contribution in [0.1, 0.15) is 10.5 Å². The number of hydrogen-bond acceptors (Lipinski definition) is 5. The lowest BCUT2D eigenvalue weighted by Gasteiger charge is -2.13. The zero-order valence-corrected chi connectivity index (χ0v) is 8.41. The van der Waals surface area contributed by atoms with E-state index < -0.39 is 29.7 Å². The Balaban J connectivity index is 3.29. The van der Waals surface area contributed by atoms with Crippen LogP contribution in [0.15, 0.2) is 6.07 Å². The van der Waals surface area contributed by atoms with Crippen LogP contribution in [0.25, 0.3) is 0 Å². The molecule has 0 bridgehead atoms. The minimum absolute atomic E-state index is 0.320. The number of nitrogens with zero attached hydrogens (tertiary/aromatic N) is 1. The SMILES string of the molecule is COc1c(N)cc(C(=O)O)nc1OC(F)(F)F. The van der Waals surface area contributed by atoms with Gasteiger partial charge in [0.1, 0.15) is 0 Å². The van der Waals surface area contributed by atoms with Crippen LogP contribution in [-0.4, -0.2) is 29.5 Å². The van der Waals surface area contributed by atoms with Crippen LogP contribution < -0.4 is 15.2 Å². The highest BCUT2D eigenvalue weighted by molar-refractivity contribution is 5.87. The zero-order valence-electron chi connectivity index (χ0n) is 8.41. The minimum Gasteiger partial charge on any atom is -0.490 e. The Hall–Kier alpha value is -2.19. The van der Waals surface area contributed by atoms with Gasteiger partial charge in [-0.05, 0) is 6.07 Å². The van der Waals surface area contributed by atoms with Gasteiger partial charge in [0.2, 0.25) is 5.75 Å². The summed E-state index contributed by atoms with van der Waals surface area (Å²) in [5.74, 6) is -3.06. The molecule has 0 aliphatic rings. The summed E-state index contributed by atoms with van der Waals surface area (Å²) in [6.07, 6.45) is -5.02. The summed E-state index contributed by atoms with van der Waals surface area (Å²) >= 11 is 0. The highest BCUT2D eigenvalue weighted by Gasteiger charge is 2.34. The molecule has 94 valence electrons. The van der Waals surface area contributed by atoms with Gasteiger partial charge in [-0.3, -0.25) is 0 Å². The van der Waals surface area contributed by atoms with Gasteiger partial charge in [0.15, 0.2) is 5.69 Å². The Morgan fingerprint density at radius 3 is 2.53 bits per heavy atom. The van der Waals surface area contributed by atoms with E-state index in [4.69, 9.17) is 10.8 Å². The van der Waals surface area contributed by atoms with Crippen LogP contribution in [0, 0.1) is 0 Å². The third-order valence-electron chi connectivity index (χ3n) is 1.61. The number of carboxylic acid groups (broad SMARTS) is 1. The van der Waals surface area contributed by atoms with Crippen LogP contribution in [0.5, 0.6) is 11.6 Å². The first kappa shape index (κ1) is 12.9. The second-order valence-electron chi connectivity index (χ2n) is 2.79. The van der Waals surface area contributed by atoms with Crippen LogP contribution in [0.3, 0.4) is 0 Å². The molecule has 9 heteroatoms. The fourth-order valence-corrected chi connectivity index (χ4v) is 1.02. The molecule has 0 unspecified atom stereocenters. The van der Waals surface area contributed by atoms with E-state index in [-0.39, 0.29) is 5.69 Å². The Kier molecular flexibility index (Phi) is 3.30. The number of nitrogen functional groups attached to an aromatic ring is 1. The molecular weight excluding hydrogens is 245 g/mol. The van der Waals surface area contributed by atoms with E-state index in [0.717, 1.165) is 13.2 Å². The van der Waals surface area contributed by atoms with Gasteiger partial charge in [-0.25, -0.2) is 9.78 Å². The van der Waals surface area contributed by atoms with Crippen molar-refractivity contribution in [2.75, 3.05) is 12.8 Å². The Labute approximate surface area is 92.8 Å². The topological polar surface area (TPSA) is 94.7 Å². The van der Waals surface area contributed by atoms with Crippen LogP contribution in [0.4, 0.5) is 18.9 Å². The summed E-state index contributed by atoms with van der Waals surface area (Å²) in [5, 5.41) is 8.60. The van der Waals surface area contributed by atoms with E-state index in [2.05, 4.69) is 14.5 Å². The van der Waals surface area contributed by atoms with E-state index >= 15 is 0 Å². The molecule has 0 atom stereocenters. The zero-order chi connectivity index (χ0) is 13.2. The Bertz CT molecular complexity index is 447. The lowest BCUT2D eigenvalue weighted by Crippen LogP contribution is -2.19. The first-order chi connectivity index (χ1) is 7.74. The number of pyridine rings is 1. The minimum atomic E-state index is -5.02. The highest BCUT2D eigenvalue weighted by Crippen LogP contribution is 2.35. The summed E-state index contributed by atoms with van der Waals surface area (Å²) in [7, 11) is 1.05. The molecule has 0 spiro atoms. The van der Waals surface area contributed by atoms with E-state index in [1.807, 2.05) is 0 Å². The van der Waals surface area contributed by atoms with Gasteiger partial charge >= 0.3 is 12.3 Å². The fraction of sp³-hybridized carbons (Fsp3) is 0.250. The van der Waals surface area contributed by atoms with Gasteiger partial charge < -0.3 is 20.3 Å². The average Bonchev–Trinajstić information content (AvgIpc) is 2.14. The van der Waals surface area contributed by atoms with Gasteiger partial charge in [0, 0.05) is 0 Å². The number of alkyl halides is 3. The molecular formula is C8H7F3N2O4. The molecule has 1 heterocycles. The molecule has 0 amide bonds. The summed E-state index contributed by atoms with van der Waals surface area (Å²) in [6, 6.07) is 0.865. The monoisotopic (exact) mass is 252 g/mol. The quantitative estimate of drug-likeness (QED) is 0.841. The van der Waals surface area contributed by atoms with Crippen molar-refractivity contribution in [3.8, 4) is 11.6 Å². The molecule has 1 rings (SSSR count). The number of rotatable bonds is 3. The van der Waals surface area contributed by atoms with Crippen molar-refractivity contribution in [2.45, 2.75) is 6.36 Å². The third-order valence-corrected chi connectivity index (χ3v) is 1.61. The van der Waals surface area contributed by atoms with Crippen LogP contribution >= 0.6 is 0 Å². The smallest absolute Gasteiger partial charge is 0.490 e. The summed E-state index contributed by atoms with van der Waals surface area (Å²) in [4.78, 5) is 13.7. The van der Waals surface area contributed by atoms with E-state index in [1.165, 1.54) is 0 Å². The number of ether oxygens (including phenoxy) is 2. The van der Waals surface area contributed by atoms with E-state index in [9.17, 15) is 18.0 Å². The number of anilines is 1. The number of carbonyl (C=O) groups is 1. The molecule has 0 radical (unpaired) electrons. The lowest BCUT2D eigenvalue weighted by molar-refractivity contribution is -0.276. The van der Waals surface area contributed by atoms with Crippen molar-refractivity contribution in [1.82, 2.24) is 4.98 Å². The molecule has 6 nitrogen and oxygen atoms in total. The lowest BCUT2D eigenvalue weighted by atomic mass is 10.3. The first-order valence-corrected chi connectivity index (χ1v) is 4.08. The molecule has 0 fully saturated rings. The molecule has 1 aromatic heterocycles. The molecule has 17 heavy (non-hydrogen) atoms. The number of aromatic carboxylic acids is 1. The number of hydrogen-bond donors (Lipinski definition) is 2. The third kappa shape index (κ3) is 3.13. The standard InChI is InChI=1S/C8H7F3N2O4/c1-16-5-3(12)2-4(7(14)15)13-6(5)17-8(9,10)11/h2H,1H3,(H2,12,13)(H,14,15). The second kappa shape index (κ2) is 4.36. The molecule has 0 saturated heterocycles. The normalized spacial score (nSPS) is 11.1. The Morgan fingerprint density at radius 2 is 2.12 bits per heavy atom. The maximum atomic E-state index is 12.0. The largest absolute Gasteiger partial charge is 0.574 e. The Morgan fingerprint density at radius 1 is 1.53 bits per heavy atom. The summed E-state index contributed by atoms with van der Waals surface area (Å²) < 4.78 is 44.1. The fourth-order valence-electron chi connectivity index (χ4n) is 1.02. The van der Waals surface area contributed by atoms with Crippen molar-refractivity contribution in [3.05, 3.63) is 11.8 Å². The molecule has 0 aliphatic heterocycles. The molecule has 0 aromatic carbocycles. The van der Waals surface area contributed by atoms with Gasteiger partial charge in [0.25, 0.3) is 5.88 Å². The number of carboxylic acids is 1. The van der Waals surface area contributed by atoms with Gasteiger partial charge in [-0.2, -0.15) is 0 Å². The van der Waals surface area contributed by atoms with Gasteiger partial charge in [-0.15, -0.1) is 13.2 Å². The highest BCUT2D eigenvalue weighted by atomic mass is 19.4.